The molecule has 4 aromatic rings. The Balaban J connectivity index is 0.000000152. The zero-order chi connectivity index (χ0) is 25.8. The van der Waals surface area contributed by atoms with E-state index in [4.69, 9.17) is 32.7 Å². The molecule has 1 N–H and O–H groups in total. The van der Waals surface area contributed by atoms with E-state index >= 15 is 0 Å². The molecule has 2 fully saturated rings. The molecule has 2 aliphatic rings. The molecule has 6 rings (SSSR count). The van der Waals surface area contributed by atoms with Gasteiger partial charge in [0.05, 0.1) is 42.1 Å². The van der Waals surface area contributed by atoms with Crippen LogP contribution in [0.3, 0.4) is 0 Å². The molecule has 0 atom stereocenters. The van der Waals surface area contributed by atoms with Crippen molar-refractivity contribution in [1.29, 1.82) is 0 Å². The first-order valence-corrected chi connectivity index (χ1v) is 14.1. The lowest BCUT2D eigenvalue weighted by molar-refractivity contribution is 0.112. The number of carbonyl (C=O) groups excluding carboxylic acids is 1. The Bertz CT molecular complexity index is 1390. The molecule has 4 aromatic heterocycles. The molecule has 0 saturated carbocycles. The molecule has 0 bridgehead atoms. The van der Waals surface area contributed by atoms with Crippen LogP contribution in [0.2, 0.25) is 10.6 Å². The van der Waals surface area contributed by atoms with E-state index in [1.807, 2.05) is 13.1 Å². The SMILES string of the molecule is CNCc1cc2c(N3CCOCC3)nc(Cl)nc2s1.O=Cc1cc2c(N3CCOCC3)nc(Cl)nc2s1. The summed E-state index contributed by atoms with van der Waals surface area (Å²) in [5.41, 5.74) is 0. The van der Waals surface area contributed by atoms with Gasteiger partial charge in [0.1, 0.15) is 21.3 Å². The minimum Gasteiger partial charge on any atom is -0.378 e. The molecule has 10 nitrogen and oxygen atoms in total. The summed E-state index contributed by atoms with van der Waals surface area (Å²) in [5.74, 6) is 1.72. The number of carbonyl (C=O) groups is 1. The largest absolute Gasteiger partial charge is 0.378 e. The fourth-order valence-corrected chi connectivity index (χ4v) is 6.49. The van der Waals surface area contributed by atoms with Crippen molar-refractivity contribution in [2.75, 3.05) is 69.5 Å². The summed E-state index contributed by atoms with van der Waals surface area (Å²) in [5, 5.41) is 5.65. The second-order valence-electron chi connectivity index (χ2n) is 8.28. The van der Waals surface area contributed by atoms with Crippen LogP contribution in [0.15, 0.2) is 12.1 Å². The smallest absolute Gasteiger partial charge is 0.225 e. The first kappa shape index (κ1) is 26.4. The summed E-state index contributed by atoms with van der Waals surface area (Å²) < 4.78 is 10.7. The second kappa shape index (κ2) is 12.1. The Kier molecular flexibility index (Phi) is 8.65. The molecular formula is C23H25Cl2N7O3S2. The standard InChI is InChI=1S/C12H15ClN4OS.C11H10ClN3O2S/c1-14-7-8-6-9-10(17-2-4-18-5-3-17)15-12(13)16-11(9)19-8;12-11-13-9(15-1-3-17-4-2-15)8-5-7(6-16)18-10(8)14-11/h6,14H,2-5,7H2,1H3;5-6H,1-4H2. The zero-order valence-electron chi connectivity index (χ0n) is 20.1. The molecule has 0 radical (unpaired) electrons. The number of aromatic nitrogens is 4. The van der Waals surface area contributed by atoms with Crippen LogP contribution < -0.4 is 15.1 Å². The lowest BCUT2D eigenvalue weighted by Gasteiger charge is -2.28. The van der Waals surface area contributed by atoms with E-state index in [2.05, 4.69) is 41.1 Å². The monoisotopic (exact) mass is 581 g/mol. The van der Waals surface area contributed by atoms with Crippen molar-refractivity contribution in [1.82, 2.24) is 25.3 Å². The van der Waals surface area contributed by atoms with Crippen molar-refractivity contribution in [3.05, 3.63) is 32.5 Å². The average Bonchev–Trinajstić information content (AvgIpc) is 3.52. The first-order chi connectivity index (χ1) is 18.1. The maximum atomic E-state index is 10.8. The van der Waals surface area contributed by atoms with E-state index in [-0.39, 0.29) is 5.28 Å². The van der Waals surface area contributed by atoms with Crippen molar-refractivity contribution >= 4 is 84.2 Å². The summed E-state index contributed by atoms with van der Waals surface area (Å²) >= 11 is 15.0. The van der Waals surface area contributed by atoms with Crippen LogP contribution in [0.5, 0.6) is 0 Å². The number of fused-ring (bicyclic) bond motifs is 2. The number of halogens is 2. The van der Waals surface area contributed by atoms with Crippen molar-refractivity contribution in [3.8, 4) is 0 Å². The highest BCUT2D eigenvalue weighted by atomic mass is 35.5. The van der Waals surface area contributed by atoms with Crippen LogP contribution in [-0.2, 0) is 16.0 Å². The van der Waals surface area contributed by atoms with Gasteiger partial charge in [-0.2, -0.15) is 9.97 Å². The highest BCUT2D eigenvalue weighted by molar-refractivity contribution is 7.20. The van der Waals surface area contributed by atoms with E-state index in [0.29, 0.717) is 23.4 Å². The van der Waals surface area contributed by atoms with Gasteiger partial charge in [0.2, 0.25) is 10.6 Å². The maximum Gasteiger partial charge on any atom is 0.225 e. The van der Waals surface area contributed by atoms with E-state index in [0.717, 1.165) is 84.3 Å². The van der Waals surface area contributed by atoms with Crippen LogP contribution >= 0.6 is 45.9 Å². The minimum absolute atomic E-state index is 0.211. The lowest BCUT2D eigenvalue weighted by Crippen LogP contribution is -2.36. The predicted molar refractivity (Wildman–Crippen MR) is 149 cm³/mol. The Morgan fingerprint density at radius 1 is 0.865 bits per heavy atom. The van der Waals surface area contributed by atoms with Gasteiger partial charge >= 0.3 is 0 Å². The third-order valence-electron chi connectivity index (χ3n) is 5.85. The van der Waals surface area contributed by atoms with Gasteiger partial charge in [-0.1, -0.05) is 0 Å². The summed E-state index contributed by atoms with van der Waals surface area (Å²) in [6.45, 7) is 6.89. The number of thiophene rings is 2. The quantitative estimate of drug-likeness (QED) is 0.275. The summed E-state index contributed by atoms with van der Waals surface area (Å²) in [6, 6.07) is 3.96. The number of hydrogen-bond donors (Lipinski definition) is 1. The second-order valence-corrected chi connectivity index (χ2v) is 11.1. The van der Waals surface area contributed by atoms with Crippen molar-refractivity contribution in [2.45, 2.75) is 6.54 Å². The molecule has 0 spiro atoms. The Morgan fingerprint density at radius 3 is 1.89 bits per heavy atom. The molecule has 0 unspecified atom stereocenters. The van der Waals surface area contributed by atoms with E-state index in [9.17, 15) is 4.79 Å². The van der Waals surface area contributed by atoms with Gasteiger partial charge in [0.15, 0.2) is 6.29 Å². The van der Waals surface area contributed by atoms with E-state index in [1.54, 1.807) is 11.3 Å². The highest BCUT2D eigenvalue weighted by Crippen LogP contribution is 2.33. The number of aldehydes is 1. The number of nitrogens with zero attached hydrogens (tertiary/aromatic N) is 6. The normalized spacial score (nSPS) is 16.2. The maximum absolute atomic E-state index is 10.8. The van der Waals surface area contributed by atoms with Crippen LogP contribution in [0.1, 0.15) is 14.5 Å². The molecule has 6 heterocycles. The number of anilines is 2. The van der Waals surface area contributed by atoms with Crippen LogP contribution in [0.4, 0.5) is 11.6 Å². The fraction of sp³-hybridized carbons (Fsp3) is 0.435. The summed E-state index contributed by atoms with van der Waals surface area (Å²) in [7, 11) is 1.94. The first-order valence-electron chi connectivity index (χ1n) is 11.7. The van der Waals surface area contributed by atoms with E-state index < -0.39 is 0 Å². The molecule has 37 heavy (non-hydrogen) atoms. The molecule has 0 amide bonds. The number of rotatable bonds is 5. The molecule has 0 aliphatic carbocycles. The van der Waals surface area contributed by atoms with Gasteiger partial charge in [-0.05, 0) is 42.4 Å². The zero-order valence-corrected chi connectivity index (χ0v) is 23.2. The lowest BCUT2D eigenvalue weighted by atomic mass is 10.3. The molecule has 0 aromatic carbocycles. The van der Waals surface area contributed by atoms with Gasteiger partial charge in [-0.25, -0.2) is 9.97 Å². The third-order valence-corrected chi connectivity index (χ3v) is 8.17. The van der Waals surface area contributed by atoms with Gasteiger partial charge in [-0.15, -0.1) is 22.7 Å². The van der Waals surface area contributed by atoms with Gasteiger partial charge in [-0.3, -0.25) is 4.79 Å². The molecule has 2 aliphatic heterocycles. The van der Waals surface area contributed by atoms with Crippen LogP contribution in [-0.4, -0.2) is 85.9 Å². The van der Waals surface area contributed by atoms with Gasteiger partial charge < -0.3 is 24.6 Å². The molecular weight excluding hydrogens is 557 g/mol. The number of ether oxygens (including phenoxy) is 2. The van der Waals surface area contributed by atoms with Gasteiger partial charge in [0, 0.05) is 37.6 Å². The van der Waals surface area contributed by atoms with E-state index in [1.165, 1.54) is 16.2 Å². The minimum atomic E-state index is 0.211. The van der Waals surface area contributed by atoms with Crippen LogP contribution in [0.25, 0.3) is 20.4 Å². The predicted octanol–water partition coefficient (Wildman–Crippen LogP) is 3.89. The average molecular weight is 583 g/mol. The Morgan fingerprint density at radius 2 is 1.38 bits per heavy atom. The van der Waals surface area contributed by atoms with Crippen molar-refractivity contribution < 1.29 is 14.3 Å². The van der Waals surface area contributed by atoms with Gasteiger partial charge in [0.25, 0.3) is 0 Å². The Hall–Kier alpha value is -2.19. The summed E-state index contributed by atoms with van der Waals surface area (Å²) in [6.07, 6.45) is 0.823. The number of morpholine rings is 2. The van der Waals surface area contributed by atoms with Crippen LogP contribution in [0, 0.1) is 0 Å². The summed E-state index contributed by atoms with van der Waals surface area (Å²) in [4.78, 5) is 35.9. The van der Waals surface area contributed by atoms with Crippen molar-refractivity contribution in [3.63, 3.8) is 0 Å². The molecule has 14 heteroatoms. The Labute approximate surface area is 231 Å². The fourth-order valence-electron chi connectivity index (χ4n) is 4.18. The topological polar surface area (TPSA) is 106 Å². The number of nitrogens with one attached hydrogen (secondary N) is 1. The van der Waals surface area contributed by atoms with Crippen molar-refractivity contribution in [2.24, 2.45) is 0 Å². The molecule has 2 saturated heterocycles. The number of hydrogen-bond acceptors (Lipinski definition) is 12. The highest BCUT2D eigenvalue weighted by Gasteiger charge is 2.20. The molecule has 196 valence electrons. The third kappa shape index (κ3) is 6.11.